The van der Waals surface area contributed by atoms with E-state index in [1.807, 2.05) is 18.2 Å². The lowest BCUT2D eigenvalue weighted by Crippen LogP contribution is -2.46. The van der Waals surface area contributed by atoms with Crippen molar-refractivity contribution in [2.45, 2.75) is 6.42 Å². The quantitative estimate of drug-likeness (QED) is 0.508. The molecule has 0 spiro atoms. The SMILES string of the molecule is c1ccc(N2CCN(CCCNc3nn4nnnc4c4ccccc34)CC2)cc1. The van der Waals surface area contributed by atoms with Crippen LogP contribution >= 0.6 is 0 Å². The third-order valence-electron chi connectivity index (χ3n) is 5.51. The summed E-state index contributed by atoms with van der Waals surface area (Å²) in [6, 6.07) is 18.8. The van der Waals surface area contributed by atoms with Gasteiger partial charge < -0.3 is 10.2 Å². The molecule has 0 radical (unpaired) electrons. The van der Waals surface area contributed by atoms with Crippen LogP contribution in [0.4, 0.5) is 11.5 Å². The van der Waals surface area contributed by atoms with Crippen molar-refractivity contribution in [3.63, 3.8) is 0 Å². The van der Waals surface area contributed by atoms with E-state index in [0.29, 0.717) is 5.65 Å². The van der Waals surface area contributed by atoms with Crippen LogP contribution in [0.3, 0.4) is 0 Å². The Kier molecular flexibility index (Phi) is 4.92. The lowest BCUT2D eigenvalue weighted by atomic mass is 10.2. The molecule has 0 bridgehead atoms. The van der Waals surface area contributed by atoms with E-state index < -0.39 is 0 Å². The van der Waals surface area contributed by atoms with Crippen LogP contribution in [0.15, 0.2) is 54.6 Å². The van der Waals surface area contributed by atoms with E-state index >= 15 is 0 Å². The summed E-state index contributed by atoms with van der Waals surface area (Å²) in [5.74, 6) is 0.828. The van der Waals surface area contributed by atoms with Crippen LogP contribution in [0.1, 0.15) is 6.42 Å². The molecule has 0 amide bonds. The molecule has 29 heavy (non-hydrogen) atoms. The van der Waals surface area contributed by atoms with E-state index in [2.05, 4.69) is 72.1 Å². The largest absolute Gasteiger partial charge is 0.369 e. The third kappa shape index (κ3) is 3.71. The van der Waals surface area contributed by atoms with Crippen LogP contribution in [0.2, 0.25) is 0 Å². The summed E-state index contributed by atoms with van der Waals surface area (Å²) in [5, 5.41) is 21.8. The molecule has 1 fully saturated rings. The molecule has 8 heteroatoms. The smallest absolute Gasteiger partial charge is 0.207 e. The molecule has 2 aromatic heterocycles. The Labute approximate surface area is 169 Å². The van der Waals surface area contributed by atoms with Gasteiger partial charge in [-0.3, -0.25) is 4.90 Å². The van der Waals surface area contributed by atoms with Crippen LogP contribution in [0.5, 0.6) is 0 Å². The molecule has 0 aliphatic carbocycles. The second kappa shape index (κ2) is 8.00. The van der Waals surface area contributed by atoms with Crippen LogP contribution < -0.4 is 10.2 Å². The maximum absolute atomic E-state index is 4.54. The molecule has 8 nitrogen and oxygen atoms in total. The van der Waals surface area contributed by atoms with Crippen molar-refractivity contribution in [3.8, 4) is 0 Å². The molecule has 0 atom stereocenters. The summed E-state index contributed by atoms with van der Waals surface area (Å²) in [4.78, 5) is 5.00. The minimum atomic E-state index is 0.683. The van der Waals surface area contributed by atoms with Gasteiger partial charge in [0, 0.05) is 49.2 Å². The number of benzene rings is 2. The van der Waals surface area contributed by atoms with E-state index in [1.165, 1.54) is 10.3 Å². The van der Waals surface area contributed by atoms with Gasteiger partial charge in [0.1, 0.15) is 0 Å². The van der Waals surface area contributed by atoms with E-state index in [-0.39, 0.29) is 0 Å². The van der Waals surface area contributed by atoms with E-state index in [4.69, 9.17) is 0 Å². The maximum atomic E-state index is 4.54. The topological polar surface area (TPSA) is 74.5 Å². The fourth-order valence-electron chi connectivity index (χ4n) is 3.95. The number of fused-ring (bicyclic) bond motifs is 3. The maximum Gasteiger partial charge on any atom is 0.207 e. The van der Waals surface area contributed by atoms with Crippen molar-refractivity contribution < 1.29 is 0 Å². The fourth-order valence-corrected chi connectivity index (χ4v) is 3.95. The highest BCUT2D eigenvalue weighted by atomic mass is 15.6. The molecule has 148 valence electrons. The van der Waals surface area contributed by atoms with Gasteiger partial charge in [-0.15, -0.1) is 14.8 Å². The zero-order chi connectivity index (χ0) is 19.5. The number of hydrogen-bond donors (Lipinski definition) is 1. The molecular formula is C21H24N8. The van der Waals surface area contributed by atoms with Crippen LogP contribution in [-0.2, 0) is 0 Å². The first-order valence-electron chi connectivity index (χ1n) is 10.1. The molecule has 1 aliphatic rings. The Morgan fingerprint density at radius 1 is 0.862 bits per heavy atom. The van der Waals surface area contributed by atoms with Gasteiger partial charge in [0.2, 0.25) is 5.65 Å². The van der Waals surface area contributed by atoms with Crippen molar-refractivity contribution in [1.82, 2.24) is 30.2 Å². The van der Waals surface area contributed by atoms with Gasteiger partial charge in [-0.05, 0) is 35.5 Å². The summed E-state index contributed by atoms with van der Waals surface area (Å²) in [6.07, 6.45) is 1.06. The van der Waals surface area contributed by atoms with Gasteiger partial charge in [-0.2, -0.15) is 0 Å². The predicted molar refractivity (Wildman–Crippen MR) is 114 cm³/mol. The highest BCUT2D eigenvalue weighted by Gasteiger charge is 2.16. The normalized spacial score (nSPS) is 15.2. The number of tetrazole rings is 1. The summed E-state index contributed by atoms with van der Waals surface area (Å²) in [5.41, 5.74) is 2.01. The Morgan fingerprint density at radius 2 is 1.62 bits per heavy atom. The second-order valence-electron chi connectivity index (χ2n) is 7.33. The molecular weight excluding hydrogens is 364 g/mol. The van der Waals surface area contributed by atoms with Gasteiger partial charge in [0.15, 0.2) is 5.82 Å². The number of hydrogen-bond acceptors (Lipinski definition) is 7. The third-order valence-corrected chi connectivity index (χ3v) is 5.51. The Bertz CT molecular complexity index is 1090. The monoisotopic (exact) mass is 388 g/mol. The van der Waals surface area contributed by atoms with Gasteiger partial charge in [0.25, 0.3) is 0 Å². The standard InChI is InChI=1S/C21H24N8/c1-2-7-17(8-3-1)28-15-13-27(14-16-28)12-6-11-22-20-18-9-4-5-10-19(18)21-23-25-26-29(21)24-20/h1-5,7-10H,6,11-16H2,(H,22,24). The number of anilines is 2. The zero-order valence-corrected chi connectivity index (χ0v) is 16.3. The first kappa shape index (κ1) is 17.8. The van der Waals surface area contributed by atoms with Crippen LogP contribution in [0, 0.1) is 0 Å². The van der Waals surface area contributed by atoms with E-state index in [1.54, 1.807) is 0 Å². The molecule has 1 N–H and O–H groups in total. The predicted octanol–water partition coefficient (Wildman–Crippen LogP) is 2.30. The lowest BCUT2D eigenvalue weighted by molar-refractivity contribution is 0.257. The lowest BCUT2D eigenvalue weighted by Gasteiger charge is -2.36. The fraction of sp³-hybridized carbons (Fsp3) is 0.333. The van der Waals surface area contributed by atoms with Crippen molar-refractivity contribution in [2.75, 3.05) is 49.5 Å². The summed E-state index contributed by atoms with van der Waals surface area (Å²) in [6.45, 7) is 6.32. The zero-order valence-electron chi connectivity index (χ0n) is 16.3. The Balaban J connectivity index is 1.15. The van der Waals surface area contributed by atoms with Gasteiger partial charge >= 0.3 is 0 Å². The first-order valence-corrected chi connectivity index (χ1v) is 10.1. The summed E-state index contributed by atoms with van der Waals surface area (Å²) < 4.78 is 1.49. The van der Waals surface area contributed by atoms with Crippen LogP contribution in [0.25, 0.3) is 16.4 Å². The van der Waals surface area contributed by atoms with Crippen LogP contribution in [-0.4, -0.2) is 69.4 Å². The number of para-hydroxylation sites is 1. The van der Waals surface area contributed by atoms with Gasteiger partial charge in [0.05, 0.1) is 0 Å². The number of piperazine rings is 1. The number of aromatic nitrogens is 5. The first-order chi connectivity index (χ1) is 14.4. The van der Waals surface area contributed by atoms with E-state index in [0.717, 1.165) is 62.3 Å². The molecule has 1 aliphatic heterocycles. The molecule has 1 saturated heterocycles. The molecule has 0 unspecified atom stereocenters. The minimum Gasteiger partial charge on any atom is -0.369 e. The van der Waals surface area contributed by atoms with Crippen molar-refractivity contribution >= 4 is 27.9 Å². The number of nitrogens with zero attached hydrogens (tertiary/aromatic N) is 7. The highest BCUT2D eigenvalue weighted by molar-refractivity contribution is 5.99. The average molecular weight is 388 g/mol. The average Bonchev–Trinajstić information content (AvgIpc) is 3.26. The molecule has 4 aromatic rings. The van der Waals surface area contributed by atoms with E-state index in [9.17, 15) is 0 Å². The summed E-state index contributed by atoms with van der Waals surface area (Å²) >= 11 is 0. The Morgan fingerprint density at radius 3 is 2.45 bits per heavy atom. The second-order valence-corrected chi connectivity index (χ2v) is 7.33. The summed E-state index contributed by atoms with van der Waals surface area (Å²) in [7, 11) is 0. The molecule has 2 aromatic carbocycles. The highest BCUT2D eigenvalue weighted by Crippen LogP contribution is 2.23. The van der Waals surface area contributed by atoms with Crippen molar-refractivity contribution in [3.05, 3.63) is 54.6 Å². The number of rotatable bonds is 6. The van der Waals surface area contributed by atoms with Gasteiger partial charge in [-0.25, -0.2) is 0 Å². The molecule has 5 rings (SSSR count). The molecule has 0 saturated carbocycles. The molecule has 3 heterocycles. The van der Waals surface area contributed by atoms with Gasteiger partial charge in [-0.1, -0.05) is 42.5 Å². The van der Waals surface area contributed by atoms with Crippen molar-refractivity contribution in [1.29, 1.82) is 0 Å². The minimum absolute atomic E-state index is 0.683. The van der Waals surface area contributed by atoms with Crippen molar-refractivity contribution in [2.24, 2.45) is 0 Å². The Hall–Kier alpha value is -3.26. The number of nitrogens with one attached hydrogen (secondary N) is 1.